The summed E-state index contributed by atoms with van der Waals surface area (Å²) in [7, 11) is 0. The fourth-order valence-electron chi connectivity index (χ4n) is 4.87. The van der Waals surface area contributed by atoms with Gasteiger partial charge in [-0.3, -0.25) is 4.79 Å². The average molecular weight is 345 g/mol. The van der Waals surface area contributed by atoms with Crippen molar-refractivity contribution < 1.29 is 4.79 Å². The maximum Gasteiger partial charge on any atom is 0.254 e. The van der Waals surface area contributed by atoms with Crippen molar-refractivity contribution in [2.24, 2.45) is 0 Å². The molecule has 1 aromatic heterocycles. The number of piperidine rings is 1. The Bertz CT molecular complexity index is 1020. The number of benzene rings is 2. The minimum atomic E-state index is 0.159. The second-order valence-electron chi connectivity index (χ2n) is 7.81. The Morgan fingerprint density at radius 3 is 3.00 bits per heavy atom. The van der Waals surface area contributed by atoms with Crippen molar-refractivity contribution in [1.29, 1.82) is 0 Å². The van der Waals surface area contributed by atoms with E-state index in [1.807, 2.05) is 19.1 Å². The summed E-state index contributed by atoms with van der Waals surface area (Å²) in [6.45, 7) is 5.02. The van der Waals surface area contributed by atoms with Gasteiger partial charge in [0.15, 0.2) is 0 Å². The van der Waals surface area contributed by atoms with Crippen LogP contribution in [0.5, 0.6) is 0 Å². The Balaban J connectivity index is 1.51. The summed E-state index contributed by atoms with van der Waals surface area (Å²) in [6, 6.07) is 11.0. The first-order valence-corrected chi connectivity index (χ1v) is 9.46. The van der Waals surface area contributed by atoms with Crippen LogP contribution in [0.3, 0.4) is 0 Å². The zero-order chi connectivity index (χ0) is 17.8. The summed E-state index contributed by atoms with van der Waals surface area (Å²) in [4.78, 5) is 23.0. The highest BCUT2D eigenvalue weighted by atomic mass is 16.2. The smallest absolute Gasteiger partial charge is 0.254 e. The molecule has 1 amide bonds. The van der Waals surface area contributed by atoms with Gasteiger partial charge in [-0.05, 0) is 61.9 Å². The fourth-order valence-corrected chi connectivity index (χ4v) is 4.87. The van der Waals surface area contributed by atoms with Crippen molar-refractivity contribution in [2.45, 2.75) is 45.1 Å². The number of nitrogens with one attached hydrogen (secondary N) is 1. The first-order chi connectivity index (χ1) is 12.6. The van der Waals surface area contributed by atoms with E-state index in [1.54, 1.807) is 6.33 Å². The van der Waals surface area contributed by atoms with Crippen molar-refractivity contribution >= 4 is 16.9 Å². The van der Waals surface area contributed by atoms with Crippen LogP contribution >= 0.6 is 0 Å². The van der Waals surface area contributed by atoms with Crippen LogP contribution in [0.4, 0.5) is 0 Å². The van der Waals surface area contributed by atoms with Crippen molar-refractivity contribution in [3.05, 3.63) is 64.5 Å². The minimum absolute atomic E-state index is 0.159. The number of hydrogen-bond donors (Lipinski definition) is 1. The Hall–Kier alpha value is -2.62. The van der Waals surface area contributed by atoms with Gasteiger partial charge in [0, 0.05) is 24.1 Å². The first-order valence-electron chi connectivity index (χ1n) is 9.46. The number of nitrogens with zero attached hydrogens (tertiary/aromatic N) is 2. The number of carbonyl (C=O) groups excluding carboxylic acids is 1. The van der Waals surface area contributed by atoms with E-state index < -0.39 is 0 Å². The number of hydrogen-bond acceptors (Lipinski definition) is 2. The third-order valence-electron chi connectivity index (χ3n) is 6.17. The molecule has 0 spiro atoms. The summed E-state index contributed by atoms with van der Waals surface area (Å²) in [5.74, 6) is 0.642. The van der Waals surface area contributed by atoms with Gasteiger partial charge in [-0.25, -0.2) is 4.98 Å². The largest absolute Gasteiger partial charge is 0.345 e. The Labute approximate surface area is 153 Å². The number of amides is 1. The SMILES string of the molecule is Cc1ccc2c(c1)C1CCCN(C(=O)c3cc4nc[nH]c4cc3C)C1C2. The maximum absolute atomic E-state index is 13.4. The van der Waals surface area contributed by atoms with Crippen molar-refractivity contribution in [1.82, 2.24) is 14.9 Å². The quantitative estimate of drug-likeness (QED) is 0.721. The number of aromatic nitrogens is 2. The predicted octanol–water partition coefficient (Wildman–Crippen LogP) is 4.12. The molecule has 0 saturated carbocycles. The number of rotatable bonds is 1. The molecule has 2 heterocycles. The molecular formula is C22H23N3O. The number of imidazole rings is 1. The number of carbonyl (C=O) groups is 1. The Morgan fingerprint density at radius 2 is 2.12 bits per heavy atom. The van der Waals surface area contributed by atoms with E-state index in [-0.39, 0.29) is 5.91 Å². The molecule has 3 aromatic rings. The second-order valence-corrected chi connectivity index (χ2v) is 7.81. The van der Waals surface area contributed by atoms with E-state index in [2.05, 4.69) is 40.0 Å². The molecule has 0 radical (unpaired) electrons. The molecule has 1 N–H and O–H groups in total. The molecular weight excluding hydrogens is 322 g/mol. The number of aryl methyl sites for hydroxylation is 2. The van der Waals surface area contributed by atoms with E-state index in [9.17, 15) is 4.79 Å². The normalized spacial score (nSPS) is 21.7. The van der Waals surface area contributed by atoms with E-state index in [0.29, 0.717) is 12.0 Å². The van der Waals surface area contributed by atoms with Crippen LogP contribution in [0.2, 0.25) is 0 Å². The number of fused-ring (bicyclic) bond motifs is 4. The summed E-state index contributed by atoms with van der Waals surface area (Å²) >= 11 is 0. The molecule has 26 heavy (non-hydrogen) atoms. The molecule has 1 aliphatic carbocycles. The molecule has 2 aromatic carbocycles. The zero-order valence-corrected chi connectivity index (χ0v) is 15.2. The van der Waals surface area contributed by atoms with Crippen LogP contribution in [0, 0.1) is 13.8 Å². The number of aromatic amines is 1. The highest BCUT2D eigenvalue weighted by Gasteiger charge is 2.41. The molecule has 5 rings (SSSR count). The third kappa shape index (κ3) is 2.28. The Morgan fingerprint density at radius 1 is 1.23 bits per heavy atom. The van der Waals surface area contributed by atoms with Gasteiger partial charge in [0.2, 0.25) is 0 Å². The van der Waals surface area contributed by atoms with E-state index >= 15 is 0 Å². The lowest BCUT2D eigenvalue weighted by molar-refractivity contribution is 0.0594. The van der Waals surface area contributed by atoms with Gasteiger partial charge in [0.25, 0.3) is 5.91 Å². The lowest BCUT2D eigenvalue weighted by atomic mass is 9.87. The third-order valence-corrected chi connectivity index (χ3v) is 6.17. The molecule has 2 aliphatic rings. The fraction of sp³-hybridized carbons (Fsp3) is 0.364. The second kappa shape index (κ2) is 5.70. The molecule has 132 valence electrons. The van der Waals surface area contributed by atoms with Crippen LogP contribution in [-0.4, -0.2) is 33.4 Å². The Kier molecular flexibility index (Phi) is 3.42. The maximum atomic E-state index is 13.4. The van der Waals surface area contributed by atoms with Gasteiger partial charge in [-0.2, -0.15) is 0 Å². The van der Waals surface area contributed by atoms with Crippen LogP contribution in [0.15, 0.2) is 36.7 Å². The number of likely N-dealkylation sites (tertiary alicyclic amines) is 1. The van der Waals surface area contributed by atoms with Crippen molar-refractivity contribution in [2.75, 3.05) is 6.54 Å². The molecule has 4 heteroatoms. The molecule has 1 aliphatic heterocycles. The molecule has 0 bridgehead atoms. The summed E-state index contributed by atoms with van der Waals surface area (Å²) in [5.41, 5.74) is 7.85. The van der Waals surface area contributed by atoms with E-state index in [4.69, 9.17) is 0 Å². The van der Waals surface area contributed by atoms with Crippen LogP contribution < -0.4 is 0 Å². The van der Waals surface area contributed by atoms with Gasteiger partial charge in [-0.1, -0.05) is 23.8 Å². The lowest BCUT2D eigenvalue weighted by Gasteiger charge is -2.38. The van der Waals surface area contributed by atoms with Crippen LogP contribution in [0.25, 0.3) is 11.0 Å². The van der Waals surface area contributed by atoms with Gasteiger partial charge < -0.3 is 9.88 Å². The van der Waals surface area contributed by atoms with Gasteiger partial charge in [-0.15, -0.1) is 0 Å². The van der Waals surface area contributed by atoms with Crippen molar-refractivity contribution in [3.63, 3.8) is 0 Å². The van der Waals surface area contributed by atoms with Crippen molar-refractivity contribution in [3.8, 4) is 0 Å². The highest BCUT2D eigenvalue weighted by Crippen LogP contribution is 2.43. The molecule has 1 fully saturated rings. The number of H-pyrrole nitrogens is 1. The monoisotopic (exact) mass is 345 g/mol. The molecule has 4 nitrogen and oxygen atoms in total. The topological polar surface area (TPSA) is 49.0 Å². The molecule has 1 saturated heterocycles. The average Bonchev–Trinajstić information content (AvgIpc) is 3.23. The summed E-state index contributed by atoms with van der Waals surface area (Å²) < 4.78 is 0. The predicted molar refractivity (Wildman–Crippen MR) is 103 cm³/mol. The zero-order valence-electron chi connectivity index (χ0n) is 15.2. The molecule has 2 unspecified atom stereocenters. The first kappa shape index (κ1) is 15.6. The van der Waals surface area contributed by atoms with E-state index in [1.165, 1.54) is 23.1 Å². The summed E-state index contributed by atoms with van der Waals surface area (Å²) in [6.07, 6.45) is 4.92. The van der Waals surface area contributed by atoms with Gasteiger partial charge in [0.05, 0.1) is 17.4 Å². The van der Waals surface area contributed by atoms with Gasteiger partial charge in [0.1, 0.15) is 0 Å². The highest BCUT2D eigenvalue weighted by molar-refractivity contribution is 5.99. The van der Waals surface area contributed by atoms with Crippen LogP contribution in [0.1, 0.15) is 51.4 Å². The summed E-state index contributed by atoms with van der Waals surface area (Å²) in [5, 5.41) is 0. The van der Waals surface area contributed by atoms with E-state index in [0.717, 1.165) is 41.5 Å². The minimum Gasteiger partial charge on any atom is -0.345 e. The molecule has 2 atom stereocenters. The van der Waals surface area contributed by atoms with Crippen LogP contribution in [-0.2, 0) is 6.42 Å². The van der Waals surface area contributed by atoms with Gasteiger partial charge >= 0.3 is 0 Å². The lowest BCUT2D eigenvalue weighted by Crippen LogP contribution is -2.46. The standard InChI is InChI=1S/C22H23N3O/c1-13-5-6-15-10-21-16(18(15)8-13)4-3-7-25(21)22(26)17-11-20-19(9-14(17)2)23-12-24-20/h5-6,8-9,11-12,16,21H,3-4,7,10H2,1-2H3,(H,23,24).